The molecule has 0 radical (unpaired) electrons. The summed E-state index contributed by atoms with van der Waals surface area (Å²) in [7, 11) is 0. The molecular weight excluding hydrogens is 592 g/mol. The molecule has 4 atom stereocenters. The summed E-state index contributed by atoms with van der Waals surface area (Å²) in [5.74, 6) is -5.82. The Bertz CT molecular complexity index is 1010. The van der Waals surface area contributed by atoms with E-state index >= 15 is 0 Å². The van der Waals surface area contributed by atoms with Crippen LogP contribution in [0.5, 0.6) is 0 Å². The lowest BCUT2D eigenvalue weighted by molar-refractivity contribution is -0.290. The van der Waals surface area contributed by atoms with Crippen LogP contribution in [0.25, 0.3) is 0 Å². The number of hydrogen-bond donors (Lipinski definition) is 2. The van der Waals surface area contributed by atoms with Crippen molar-refractivity contribution in [1.82, 2.24) is 0 Å². The van der Waals surface area contributed by atoms with Crippen LogP contribution in [0.1, 0.15) is 139 Å². The van der Waals surface area contributed by atoms with Crippen LogP contribution < -0.4 is 0 Å². The molecule has 0 saturated carbocycles. The molecule has 0 aliphatic rings. The van der Waals surface area contributed by atoms with Crippen molar-refractivity contribution in [3.05, 3.63) is 34.4 Å². The first kappa shape index (κ1) is 41.9. The van der Waals surface area contributed by atoms with Gasteiger partial charge in [-0.3, -0.25) is 0 Å². The van der Waals surface area contributed by atoms with Crippen LogP contribution >= 0.6 is 0 Å². The number of hydrogen-bond acceptors (Lipinski definition) is 8. The van der Waals surface area contributed by atoms with Crippen molar-refractivity contribution < 1.29 is 48.2 Å². The maximum absolute atomic E-state index is 13.2. The Labute approximate surface area is 277 Å². The predicted molar refractivity (Wildman–Crippen MR) is 178 cm³/mol. The van der Waals surface area contributed by atoms with Crippen molar-refractivity contribution in [2.24, 2.45) is 11.8 Å². The molecule has 0 aliphatic carbocycles. The Morgan fingerprint density at radius 3 is 1.54 bits per heavy atom. The molecule has 266 valence electrons. The minimum absolute atomic E-state index is 0.00954. The number of benzene rings is 1. The van der Waals surface area contributed by atoms with Crippen LogP contribution in [0.3, 0.4) is 0 Å². The van der Waals surface area contributed by atoms with E-state index in [9.17, 15) is 19.8 Å². The van der Waals surface area contributed by atoms with Crippen molar-refractivity contribution in [3.8, 4) is 0 Å². The molecule has 10 nitrogen and oxygen atoms in total. The van der Waals surface area contributed by atoms with E-state index in [2.05, 4.69) is 27.7 Å². The normalized spacial score (nSPS) is 15.7. The molecule has 0 amide bonds. The van der Waals surface area contributed by atoms with Crippen LogP contribution in [-0.4, -0.2) is 75.0 Å². The quantitative estimate of drug-likeness (QED) is 0.0857. The van der Waals surface area contributed by atoms with Gasteiger partial charge in [-0.25, -0.2) is 9.59 Å². The fourth-order valence-corrected chi connectivity index (χ4v) is 5.66. The highest BCUT2D eigenvalue weighted by molar-refractivity contribution is 6.03. The lowest BCUT2D eigenvalue weighted by atomic mass is 9.85. The maximum Gasteiger partial charge on any atom is 0.337 e. The van der Waals surface area contributed by atoms with E-state index < -0.39 is 34.6 Å². The Balaban J connectivity index is 4.24. The zero-order chi connectivity index (χ0) is 34.6. The van der Waals surface area contributed by atoms with Gasteiger partial charge in [-0.1, -0.05) is 72.3 Å². The monoisotopic (exact) mass is 654 g/mol. The molecule has 4 unspecified atom stereocenters. The molecule has 0 aliphatic heterocycles. The molecule has 46 heavy (non-hydrogen) atoms. The van der Waals surface area contributed by atoms with E-state index in [0.717, 1.165) is 51.4 Å². The van der Waals surface area contributed by atoms with Gasteiger partial charge in [-0.15, -0.1) is 0 Å². The van der Waals surface area contributed by atoms with Gasteiger partial charge in [0, 0.05) is 37.6 Å². The van der Waals surface area contributed by atoms with Gasteiger partial charge in [0.15, 0.2) is 0 Å². The second-order valence-corrected chi connectivity index (χ2v) is 11.6. The predicted octanol–water partition coefficient (Wildman–Crippen LogP) is 8.00. The molecule has 0 aromatic heterocycles. The Morgan fingerprint density at radius 1 is 0.652 bits per heavy atom. The third-order valence-corrected chi connectivity index (χ3v) is 8.38. The molecule has 0 spiro atoms. The first-order chi connectivity index (χ1) is 22.1. The third kappa shape index (κ3) is 11.9. The average molecular weight is 655 g/mol. The first-order valence-electron chi connectivity index (χ1n) is 17.5. The molecule has 1 rings (SSSR count). The molecule has 0 fully saturated rings. The van der Waals surface area contributed by atoms with Crippen LogP contribution in [-0.2, 0) is 40.0 Å². The molecule has 1 aromatic rings. The van der Waals surface area contributed by atoms with Crippen molar-refractivity contribution >= 4 is 11.9 Å². The summed E-state index contributed by atoms with van der Waals surface area (Å²) in [6.07, 6.45) is 7.75. The number of ether oxygens (including phenoxy) is 6. The summed E-state index contributed by atoms with van der Waals surface area (Å²) < 4.78 is 38.2. The van der Waals surface area contributed by atoms with Gasteiger partial charge in [0.25, 0.3) is 0 Å². The number of carbonyl (C=O) groups is 2. The van der Waals surface area contributed by atoms with E-state index in [4.69, 9.17) is 28.4 Å². The molecule has 10 heteroatoms. The van der Waals surface area contributed by atoms with Crippen LogP contribution in [0, 0.1) is 11.8 Å². The lowest BCUT2D eigenvalue weighted by Crippen LogP contribution is -2.47. The van der Waals surface area contributed by atoms with Crippen LogP contribution in [0.4, 0.5) is 0 Å². The number of unbranched alkanes of at least 4 members (excludes halogenated alkanes) is 2. The van der Waals surface area contributed by atoms with Crippen molar-refractivity contribution in [1.29, 1.82) is 0 Å². The number of aromatic carboxylic acids is 2. The van der Waals surface area contributed by atoms with Gasteiger partial charge in [0.05, 0.1) is 24.3 Å². The minimum atomic E-state index is -1.79. The summed E-state index contributed by atoms with van der Waals surface area (Å²) in [6, 6.07) is 2.85. The molecule has 0 saturated heterocycles. The van der Waals surface area contributed by atoms with Crippen LogP contribution in [0.15, 0.2) is 12.1 Å². The molecular formula is C36H62O10. The van der Waals surface area contributed by atoms with Gasteiger partial charge in [-0.05, 0) is 58.4 Å². The average Bonchev–Trinajstić information content (AvgIpc) is 3.05. The SMILES string of the molecule is CCCCC(CC)COC(COCC)(OCC)c1ccc(C(=O)O)c(C(=O)O)c1C(COCC)(OCC)OCC(CC)CCCC. The molecule has 0 heterocycles. The lowest BCUT2D eigenvalue weighted by Gasteiger charge is -2.42. The fourth-order valence-electron chi connectivity index (χ4n) is 5.66. The second-order valence-electron chi connectivity index (χ2n) is 11.6. The summed E-state index contributed by atoms with van der Waals surface area (Å²) in [5.41, 5.74) is -0.563. The topological polar surface area (TPSA) is 130 Å². The van der Waals surface area contributed by atoms with Gasteiger partial charge < -0.3 is 38.6 Å². The van der Waals surface area contributed by atoms with Gasteiger partial charge in [0.1, 0.15) is 13.2 Å². The molecule has 2 N–H and O–H groups in total. The zero-order valence-electron chi connectivity index (χ0n) is 29.8. The van der Waals surface area contributed by atoms with Crippen molar-refractivity contribution in [3.63, 3.8) is 0 Å². The highest BCUT2D eigenvalue weighted by Crippen LogP contribution is 2.43. The second kappa shape index (κ2) is 22.5. The van der Waals surface area contributed by atoms with E-state index in [1.54, 1.807) is 13.0 Å². The highest BCUT2D eigenvalue weighted by Gasteiger charge is 2.49. The van der Waals surface area contributed by atoms with E-state index in [0.29, 0.717) is 19.8 Å². The minimum Gasteiger partial charge on any atom is -0.478 e. The number of carboxylic acids is 2. The zero-order valence-corrected chi connectivity index (χ0v) is 29.8. The number of rotatable bonds is 28. The van der Waals surface area contributed by atoms with E-state index in [1.165, 1.54) is 6.07 Å². The highest BCUT2D eigenvalue weighted by atomic mass is 16.7. The Morgan fingerprint density at radius 2 is 1.13 bits per heavy atom. The molecule has 1 aromatic carbocycles. The maximum atomic E-state index is 13.2. The van der Waals surface area contributed by atoms with Gasteiger partial charge in [-0.2, -0.15) is 0 Å². The summed E-state index contributed by atoms with van der Waals surface area (Å²) in [5, 5.41) is 20.9. The largest absolute Gasteiger partial charge is 0.478 e. The summed E-state index contributed by atoms with van der Waals surface area (Å²) >= 11 is 0. The first-order valence-corrected chi connectivity index (χ1v) is 17.5. The van der Waals surface area contributed by atoms with E-state index in [-0.39, 0.29) is 56.0 Å². The fraction of sp³-hybridized carbons (Fsp3) is 0.778. The van der Waals surface area contributed by atoms with Gasteiger partial charge >= 0.3 is 11.9 Å². The van der Waals surface area contributed by atoms with Gasteiger partial charge in [0.2, 0.25) is 11.6 Å². The number of carboxylic acid groups (broad SMARTS) is 2. The van der Waals surface area contributed by atoms with Crippen molar-refractivity contribution in [2.45, 2.75) is 118 Å². The Kier molecular flexibility index (Phi) is 20.5. The van der Waals surface area contributed by atoms with E-state index in [1.807, 2.05) is 20.8 Å². The molecule has 0 bridgehead atoms. The van der Waals surface area contributed by atoms with Crippen LogP contribution in [0.2, 0.25) is 0 Å². The summed E-state index contributed by atoms with van der Waals surface area (Å²) in [4.78, 5) is 25.7. The standard InChI is InChI=1S/C36H62O10/c1-9-17-19-27(11-3)23-45-35(43-15-7,25-41-13-5)30-22-21-29(33(37)38)31(34(39)40)32(30)36(44-16-8,26-42-14-6)46-24-28(12-4)20-18-10-2/h21-22,27-28H,9-20,23-26H2,1-8H3,(H,37,38)(H,39,40). The Hall–Kier alpha value is -2.08. The van der Waals surface area contributed by atoms with Crippen molar-refractivity contribution in [2.75, 3.05) is 52.9 Å². The summed E-state index contributed by atoms with van der Waals surface area (Å²) in [6.45, 7) is 17.1. The third-order valence-electron chi connectivity index (χ3n) is 8.38. The smallest absolute Gasteiger partial charge is 0.337 e.